The van der Waals surface area contributed by atoms with E-state index in [1.165, 1.54) is 0 Å². The third kappa shape index (κ3) is 3.95. The third-order valence-electron chi connectivity index (χ3n) is 1.44. The first kappa shape index (κ1) is 10.4. The predicted molar refractivity (Wildman–Crippen MR) is 43.0 cm³/mol. The van der Waals surface area contributed by atoms with Gasteiger partial charge in [0.05, 0.1) is 12.6 Å². The maximum Gasteiger partial charge on any atom is 0.237 e. The number of carbonyl (C=O) groups is 1. The van der Waals surface area contributed by atoms with Gasteiger partial charge >= 0.3 is 0 Å². The lowest BCUT2D eigenvalue weighted by Gasteiger charge is -2.13. The van der Waals surface area contributed by atoms with Gasteiger partial charge in [-0.25, -0.2) is 0 Å². The lowest BCUT2D eigenvalue weighted by atomic mass is 10.2. The molecule has 66 valence electrons. The normalized spacial score (nSPS) is 15.6. The van der Waals surface area contributed by atoms with E-state index in [0.717, 1.165) is 0 Å². The number of hydrogen-bond acceptors (Lipinski definition) is 3. The molecule has 0 aromatic heterocycles. The van der Waals surface area contributed by atoms with E-state index in [2.05, 4.69) is 5.32 Å². The molecule has 0 heterocycles. The van der Waals surface area contributed by atoms with Crippen molar-refractivity contribution in [3.8, 4) is 0 Å². The van der Waals surface area contributed by atoms with Gasteiger partial charge in [0, 0.05) is 6.04 Å². The summed E-state index contributed by atoms with van der Waals surface area (Å²) in [5, 5.41) is 11.1. The first-order chi connectivity index (χ1) is 5.11. The molecule has 11 heavy (non-hydrogen) atoms. The molecule has 4 heteroatoms. The van der Waals surface area contributed by atoms with Crippen LogP contribution in [0.5, 0.6) is 0 Å². The lowest BCUT2D eigenvalue weighted by Crippen LogP contribution is -2.45. The zero-order valence-electron chi connectivity index (χ0n) is 7.00. The maximum absolute atomic E-state index is 11.0. The number of carbonyl (C=O) groups excluding carboxylic acids is 1. The molecule has 0 aliphatic heterocycles. The molecule has 0 aromatic carbocycles. The van der Waals surface area contributed by atoms with Gasteiger partial charge in [-0.1, -0.05) is 6.92 Å². The van der Waals surface area contributed by atoms with Crippen LogP contribution in [-0.4, -0.2) is 29.7 Å². The molecule has 4 N–H and O–H groups in total. The highest BCUT2D eigenvalue weighted by atomic mass is 16.3. The topological polar surface area (TPSA) is 75.4 Å². The Bertz CT molecular complexity index is 128. The fourth-order valence-corrected chi connectivity index (χ4v) is 0.581. The van der Waals surface area contributed by atoms with Crippen molar-refractivity contribution in [1.82, 2.24) is 5.32 Å². The van der Waals surface area contributed by atoms with Crippen molar-refractivity contribution in [2.24, 2.45) is 5.73 Å². The first-order valence-corrected chi connectivity index (χ1v) is 3.78. The average molecular weight is 160 g/mol. The van der Waals surface area contributed by atoms with E-state index < -0.39 is 6.04 Å². The van der Waals surface area contributed by atoms with Crippen molar-refractivity contribution in [2.75, 3.05) is 6.61 Å². The molecule has 0 aliphatic rings. The molecule has 0 bridgehead atoms. The van der Waals surface area contributed by atoms with Crippen LogP contribution < -0.4 is 11.1 Å². The molecular formula is C7H16N2O2. The summed E-state index contributed by atoms with van der Waals surface area (Å²) in [6.45, 7) is 3.51. The summed E-state index contributed by atoms with van der Waals surface area (Å²) in [7, 11) is 0. The molecule has 1 amide bonds. The van der Waals surface area contributed by atoms with Gasteiger partial charge in [0.2, 0.25) is 5.91 Å². The summed E-state index contributed by atoms with van der Waals surface area (Å²) in [5.74, 6) is -0.200. The number of nitrogens with two attached hydrogens (primary N) is 1. The third-order valence-corrected chi connectivity index (χ3v) is 1.44. The van der Waals surface area contributed by atoms with Crippen LogP contribution in [0, 0.1) is 0 Å². The number of rotatable bonds is 4. The minimum Gasteiger partial charge on any atom is -0.394 e. The van der Waals surface area contributed by atoms with E-state index in [-0.39, 0.29) is 18.6 Å². The number of aliphatic hydroxyl groups is 1. The van der Waals surface area contributed by atoms with E-state index in [4.69, 9.17) is 10.8 Å². The van der Waals surface area contributed by atoms with Gasteiger partial charge in [0.1, 0.15) is 0 Å². The quantitative estimate of drug-likeness (QED) is 0.505. The van der Waals surface area contributed by atoms with E-state index in [1.54, 1.807) is 6.92 Å². The van der Waals surface area contributed by atoms with Crippen molar-refractivity contribution in [3.63, 3.8) is 0 Å². The van der Waals surface area contributed by atoms with Gasteiger partial charge < -0.3 is 16.2 Å². The van der Waals surface area contributed by atoms with Crippen molar-refractivity contribution < 1.29 is 9.90 Å². The summed E-state index contributed by atoms with van der Waals surface area (Å²) < 4.78 is 0. The van der Waals surface area contributed by atoms with Crippen LogP contribution in [0.1, 0.15) is 20.3 Å². The monoisotopic (exact) mass is 160 g/mol. The molecule has 0 spiro atoms. The fraction of sp³-hybridized carbons (Fsp3) is 0.857. The predicted octanol–water partition coefficient (Wildman–Crippen LogP) is -0.779. The van der Waals surface area contributed by atoms with Gasteiger partial charge in [-0.05, 0) is 13.3 Å². The fourth-order valence-electron chi connectivity index (χ4n) is 0.581. The molecule has 0 radical (unpaired) electrons. The summed E-state index contributed by atoms with van der Waals surface area (Å²) in [6.07, 6.45) is 0.615. The number of aliphatic hydroxyl groups excluding tert-OH is 1. The Balaban J connectivity index is 3.68. The minimum absolute atomic E-state index is 0.0534. The average Bonchev–Trinajstić information content (AvgIpc) is 2.02. The number of amides is 1. The Hall–Kier alpha value is -0.610. The highest BCUT2D eigenvalue weighted by molar-refractivity contribution is 5.81. The van der Waals surface area contributed by atoms with E-state index >= 15 is 0 Å². The van der Waals surface area contributed by atoms with Crippen LogP contribution in [0.25, 0.3) is 0 Å². The van der Waals surface area contributed by atoms with E-state index in [1.807, 2.05) is 6.92 Å². The lowest BCUT2D eigenvalue weighted by molar-refractivity contribution is -0.123. The summed E-state index contributed by atoms with van der Waals surface area (Å²) in [4.78, 5) is 11.0. The number of nitrogens with one attached hydrogen (secondary N) is 1. The van der Waals surface area contributed by atoms with E-state index in [9.17, 15) is 4.79 Å². The SMILES string of the molecule is CC[C@@H](N)C(=O)N[C@@H](C)CO. The Morgan fingerprint density at radius 1 is 1.73 bits per heavy atom. The van der Waals surface area contributed by atoms with Gasteiger partial charge in [-0.2, -0.15) is 0 Å². The maximum atomic E-state index is 11.0. The second-order valence-corrected chi connectivity index (χ2v) is 2.61. The van der Waals surface area contributed by atoms with Crippen LogP contribution >= 0.6 is 0 Å². The van der Waals surface area contributed by atoms with Gasteiger partial charge in [-0.15, -0.1) is 0 Å². The van der Waals surface area contributed by atoms with Crippen molar-refractivity contribution in [3.05, 3.63) is 0 Å². The van der Waals surface area contributed by atoms with Crippen LogP contribution in [0.3, 0.4) is 0 Å². The minimum atomic E-state index is -0.455. The zero-order valence-corrected chi connectivity index (χ0v) is 7.00. The molecule has 2 atom stereocenters. The van der Waals surface area contributed by atoms with Crippen LogP contribution in [0.15, 0.2) is 0 Å². The Morgan fingerprint density at radius 2 is 2.27 bits per heavy atom. The molecule has 0 rings (SSSR count). The Labute approximate surface area is 66.8 Å². The van der Waals surface area contributed by atoms with Crippen LogP contribution in [-0.2, 0) is 4.79 Å². The van der Waals surface area contributed by atoms with E-state index in [0.29, 0.717) is 6.42 Å². The molecular weight excluding hydrogens is 144 g/mol. The summed E-state index contributed by atoms with van der Waals surface area (Å²) in [5.41, 5.74) is 5.43. The van der Waals surface area contributed by atoms with Gasteiger partial charge in [0.25, 0.3) is 0 Å². The highest BCUT2D eigenvalue weighted by Crippen LogP contribution is 1.87. The molecule has 0 saturated heterocycles. The highest BCUT2D eigenvalue weighted by Gasteiger charge is 2.12. The van der Waals surface area contributed by atoms with Gasteiger partial charge in [0.15, 0.2) is 0 Å². The molecule has 0 saturated carbocycles. The smallest absolute Gasteiger partial charge is 0.237 e. The Kier molecular flexibility index (Phi) is 4.81. The van der Waals surface area contributed by atoms with Crippen molar-refractivity contribution in [1.29, 1.82) is 0 Å². The van der Waals surface area contributed by atoms with Gasteiger partial charge in [-0.3, -0.25) is 4.79 Å². The zero-order chi connectivity index (χ0) is 8.85. The standard InChI is InChI=1S/C7H16N2O2/c1-3-6(8)7(11)9-5(2)4-10/h5-6,10H,3-4,8H2,1-2H3,(H,9,11)/t5-,6+/m0/s1. The van der Waals surface area contributed by atoms with Crippen molar-refractivity contribution in [2.45, 2.75) is 32.4 Å². The largest absolute Gasteiger partial charge is 0.394 e. The van der Waals surface area contributed by atoms with Crippen LogP contribution in [0.4, 0.5) is 0 Å². The second-order valence-electron chi connectivity index (χ2n) is 2.61. The molecule has 0 unspecified atom stereocenters. The second kappa shape index (κ2) is 5.09. The summed E-state index contributed by atoms with van der Waals surface area (Å²) >= 11 is 0. The molecule has 4 nitrogen and oxygen atoms in total. The molecule has 0 fully saturated rings. The molecule has 0 aromatic rings. The van der Waals surface area contributed by atoms with Crippen LogP contribution in [0.2, 0.25) is 0 Å². The Morgan fingerprint density at radius 3 is 2.64 bits per heavy atom. The number of hydrogen-bond donors (Lipinski definition) is 3. The summed E-state index contributed by atoms with van der Waals surface area (Å²) in [6, 6.07) is -0.663. The molecule has 0 aliphatic carbocycles. The first-order valence-electron chi connectivity index (χ1n) is 3.78. The van der Waals surface area contributed by atoms with Crippen molar-refractivity contribution >= 4 is 5.91 Å².